The minimum atomic E-state index is -1.01. The summed E-state index contributed by atoms with van der Waals surface area (Å²) >= 11 is 23.4. The topological polar surface area (TPSA) is 98.4 Å². The maximum absolute atomic E-state index is 12.4. The van der Waals surface area contributed by atoms with E-state index in [9.17, 15) is 14.4 Å². The molecule has 0 aliphatic heterocycles. The summed E-state index contributed by atoms with van der Waals surface area (Å²) in [5.74, 6) is -2.12. The second-order valence-corrected chi connectivity index (χ2v) is 7.03. The molecule has 2 heterocycles. The Hall–Kier alpha value is -1.80. The lowest BCUT2D eigenvalue weighted by atomic mass is 10.1. The van der Waals surface area contributed by atoms with Gasteiger partial charge in [-0.25, -0.2) is 14.6 Å². The number of carbonyl (C=O) groups is 3. The molecule has 0 aliphatic carbocycles. The number of aromatic amines is 1. The number of nitrogens with one attached hydrogen (secondary N) is 1. The molecular weight excluding hydrogens is 454 g/mol. The second-order valence-electron chi connectivity index (χ2n) is 5.54. The molecule has 0 radical (unpaired) electrons. The fourth-order valence-corrected chi connectivity index (χ4v) is 3.24. The summed E-state index contributed by atoms with van der Waals surface area (Å²) in [6.45, 7) is 4.46. The molecule has 0 aliphatic rings. The van der Waals surface area contributed by atoms with Crippen LogP contribution in [0.1, 0.15) is 49.5 Å². The lowest BCUT2D eigenvalue weighted by molar-refractivity contribution is 0.0466. The van der Waals surface area contributed by atoms with Crippen molar-refractivity contribution in [1.82, 2.24) is 9.97 Å². The smallest absolute Gasteiger partial charge is 0.359 e. The van der Waals surface area contributed by atoms with Crippen LogP contribution in [0.25, 0.3) is 0 Å². The largest absolute Gasteiger partial charge is 0.462 e. The van der Waals surface area contributed by atoms with Gasteiger partial charge in [0.15, 0.2) is 12.3 Å². The summed E-state index contributed by atoms with van der Waals surface area (Å²) < 4.78 is 9.92. The molecule has 0 atom stereocenters. The lowest BCUT2D eigenvalue weighted by Gasteiger charge is -2.08. The van der Waals surface area contributed by atoms with E-state index in [2.05, 4.69) is 9.97 Å². The highest BCUT2D eigenvalue weighted by Gasteiger charge is 2.25. The third-order valence-electron chi connectivity index (χ3n) is 3.71. The number of aromatic nitrogens is 2. The quantitative estimate of drug-likeness (QED) is 0.370. The molecule has 2 aromatic rings. The number of carbonyl (C=O) groups excluding carboxylic acids is 3. The van der Waals surface area contributed by atoms with E-state index in [4.69, 9.17) is 55.9 Å². The third kappa shape index (κ3) is 4.43. The zero-order valence-corrected chi connectivity index (χ0v) is 17.9. The summed E-state index contributed by atoms with van der Waals surface area (Å²) in [5.41, 5.74) is 0.870. The molecule has 0 saturated carbocycles. The zero-order valence-electron chi connectivity index (χ0n) is 14.9. The molecule has 11 heteroatoms. The first kappa shape index (κ1) is 22.5. The highest BCUT2D eigenvalue weighted by molar-refractivity contribution is 6.52. The lowest BCUT2D eigenvalue weighted by Crippen LogP contribution is -2.17. The van der Waals surface area contributed by atoms with Crippen LogP contribution >= 0.6 is 46.4 Å². The molecule has 150 valence electrons. The molecule has 0 amide bonds. The summed E-state index contributed by atoms with van der Waals surface area (Å²) in [4.78, 5) is 43.2. The van der Waals surface area contributed by atoms with E-state index in [1.807, 2.05) is 0 Å². The third-order valence-corrected chi connectivity index (χ3v) is 5.39. The van der Waals surface area contributed by atoms with Gasteiger partial charge >= 0.3 is 11.9 Å². The van der Waals surface area contributed by atoms with Gasteiger partial charge in [-0.2, -0.15) is 0 Å². The summed E-state index contributed by atoms with van der Waals surface area (Å²) in [5, 5.41) is -0.740. The van der Waals surface area contributed by atoms with Crippen molar-refractivity contribution in [2.45, 2.75) is 20.8 Å². The van der Waals surface area contributed by atoms with Crippen LogP contribution in [0.3, 0.4) is 0 Å². The van der Waals surface area contributed by atoms with Gasteiger partial charge in [-0.1, -0.05) is 46.4 Å². The Kier molecular flexibility index (Phi) is 7.33. The Morgan fingerprint density at radius 3 is 2.21 bits per heavy atom. The molecule has 0 fully saturated rings. The minimum absolute atomic E-state index is 0.107. The number of H-pyrrole nitrogens is 1. The van der Waals surface area contributed by atoms with E-state index >= 15 is 0 Å². The van der Waals surface area contributed by atoms with Crippen LogP contribution < -0.4 is 0 Å². The van der Waals surface area contributed by atoms with Crippen LogP contribution in [0.15, 0.2) is 0 Å². The van der Waals surface area contributed by atoms with Crippen molar-refractivity contribution in [3.8, 4) is 0 Å². The van der Waals surface area contributed by atoms with E-state index in [-0.39, 0.29) is 43.8 Å². The number of Topliss-reactive ketones (excluding diaryl/α,β-unsaturated/α-hetero) is 1. The maximum atomic E-state index is 12.4. The number of rotatable bonds is 6. The first-order valence-electron chi connectivity index (χ1n) is 7.86. The number of pyridine rings is 1. The van der Waals surface area contributed by atoms with Gasteiger partial charge in [0.2, 0.25) is 5.78 Å². The van der Waals surface area contributed by atoms with Crippen molar-refractivity contribution in [3.63, 3.8) is 0 Å². The van der Waals surface area contributed by atoms with Crippen LogP contribution in [0.5, 0.6) is 0 Å². The van der Waals surface area contributed by atoms with Crippen LogP contribution in [-0.2, 0) is 9.47 Å². The molecule has 2 rings (SSSR count). The second kappa shape index (κ2) is 9.13. The first-order valence-corrected chi connectivity index (χ1v) is 9.37. The monoisotopic (exact) mass is 466 g/mol. The number of hydrogen-bond donors (Lipinski definition) is 1. The number of ether oxygens (including phenoxy) is 2. The van der Waals surface area contributed by atoms with Gasteiger partial charge < -0.3 is 14.5 Å². The molecule has 1 N–H and O–H groups in total. The van der Waals surface area contributed by atoms with Crippen LogP contribution in [-0.4, -0.2) is 40.9 Å². The Balaban J connectivity index is 2.18. The van der Waals surface area contributed by atoms with Crippen molar-refractivity contribution >= 4 is 64.1 Å². The van der Waals surface area contributed by atoms with Gasteiger partial charge in [0.05, 0.1) is 32.9 Å². The molecule has 0 bridgehead atoms. The van der Waals surface area contributed by atoms with Crippen molar-refractivity contribution < 1.29 is 23.9 Å². The van der Waals surface area contributed by atoms with Gasteiger partial charge in [0.1, 0.15) is 5.15 Å². The Labute approximate surface area is 180 Å². The molecule has 7 nitrogen and oxygen atoms in total. The number of aryl methyl sites for hydroxylation is 1. The van der Waals surface area contributed by atoms with E-state index < -0.39 is 24.3 Å². The zero-order chi connectivity index (χ0) is 21.2. The Morgan fingerprint density at radius 1 is 0.964 bits per heavy atom. The van der Waals surface area contributed by atoms with E-state index in [1.165, 1.54) is 0 Å². The normalized spacial score (nSPS) is 10.7. The van der Waals surface area contributed by atoms with Crippen molar-refractivity contribution in [3.05, 3.63) is 48.4 Å². The molecule has 0 aromatic carbocycles. The molecule has 0 spiro atoms. The first-order chi connectivity index (χ1) is 13.1. The van der Waals surface area contributed by atoms with Crippen LogP contribution in [0.2, 0.25) is 20.2 Å². The fourth-order valence-electron chi connectivity index (χ4n) is 2.43. The van der Waals surface area contributed by atoms with Gasteiger partial charge in [-0.05, 0) is 26.3 Å². The average Bonchev–Trinajstić information content (AvgIpc) is 2.95. The number of ketones is 1. The summed E-state index contributed by atoms with van der Waals surface area (Å²) in [6, 6.07) is 0. The van der Waals surface area contributed by atoms with E-state index in [0.29, 0.717) is 11.3 Å². The highest BCUT2D eigenvalue weighted by Crippen LogP contribution is 2.36. The van der Waals surface area contributed by atoms with Gasteiger partial charge in [-0.15, -0.1) is 0 Å². The molecular formula is C17H14Cl4N2O5. The summed E-state index contributed by atoms with van der Waals surface area (Å²) in [7, 11) is 0. The molecule has 2 aromatic heterocycles. The van der Waals surface area contributed by atoms with E-state index in [1.54, 1.807) is 20.8 Å². The predicted octanol–water partition coefficient (Wildman–Crippen LogP) is 4.86. The molecule has 0 unspecified atom stereocenters. The predicted molar refractivity (Wildman–Crippen MR) is 105 cm³/mol. The van der Waals surface area contributed by atoms with Crippen LogP contribution in [0, 0.1) is 13.8 Å². The Bertz CT molecular complexity index is 971. The summed E-state index contributed by atoms with van der Waals surface area (Å²) in [6.07, 6.45) is 0. The maximum Gasteiger partial charge on any atom is 0.359 e. The number of halogens is 4. The standard InChI is InChI=1S/C17H14Cl4N2O5/c1-4-27-16(25)9-6(2)13(22-7(9)3)8(24)5-28-17(26)14-11(19)10(18)12(20)15(21)23-14/h22H,4-5H2,1-3H3. The molecule has 28 heavy (non-hydrogen) atoms. The van der Waals surface area contributed by atoms with Gasteiger partial charge in [0, 0.05) is 5.69 Å². The highest BCUT2D eigenvalue weighted by atomic mass is 35.5. The SMILES string of the molecule is CCOC(=O)c1c(C)[nH]c(C(=O)COC(=O)c2nc(Cl)c(Cl)c(Cl)c2Cl)c1C. The van der Waals surface area contributed by atoms with Crippen LogP contribution in [0.4, 0.5) is 0 Å². The van der Waals surface area contributed by atoms with Gasteiger partial charge in [-0.3, -0.25) is 4.79 Å². The number of nitrogens with zero attached hydrogens (tertiary/aromatic N) is 1. The number of hydrogen-bond acceptors (Lipinski definition) is 6. The van der Waals surface area contributed by atoms with Crippen molar-refractivity contribution in [2.24, 2.45) is 0 Å². The average molecular weight is 468 g/mol. The minimum Gasteiger partial charge on any atom is -0.462 e. The van der Waals surface area contributed by atoms with Crippen molar-refractivity contribution in [1.29, 1.82) is 0 Å². The fraction of sp³-hybridized carbons (Fsp3) is 0.294. The Morgan fingerprint density at radius 2 is 1.61 bits per heavy atom. The van der Waals surface area contributed by atoms with Crippen molar-refractivity contribution in [2.75, 3.05) is 13.2 Å². The molecule has 0 saturated heterocycles. The van der Waals surface area contributed by atoms with E-state index in [0.717, 1.165) is 0 Å². The number of esters is 2. The van der Waals surface area contributed by atoms with Gasteiger partial charge in [0.25, 0.3) is 0 Å².